The average molecular weight is 259 g/mol. The number of rotatable bonds is 1. The van der Waals surface area contributed by atoms with Gasteiger partial charge in [0.1, 0.15) is 11.0 Å². The molecule has 13 heavy (non-hydrogen) atoms. The molecule has 0 aliphatic carbocycles. The Bertz CT molecular complexity index is 365. The fourth-order valence-corrected chi connectivity index (χ4v) is 1.17. The minimum absolute atomic E-state index is 0.136. The van der Waals surface area contributed by atoms with Gasteiger partial charge in [-0.25, -0.2) is 4.68 Å². The predicted octanol–water partition coefficient (Wildman–Crippen LogP) is 1.81. The predicted molar refractivity (Wildman–Crippen MR) is 43.5 cm³/mol. The van der Waals surface area contributed by atoms with Crippen LogP contribution in [0.3, 0.4) is 0 Å². The molecule has 0 aliphatic heterocycles. The SMILES string of the molecule is Cc1[nH]n(CC(F)(F)F)c(=O)c1Br. The van der Waals surface area contributed by atoms with Crippen molar-refractivity contribution < 1.29 is 13.2 Å². The lowest BCUT2D eigenvalue weighted by atomic mass is 10.5. The normalized spacial score (nSPS) is 12.1. The van der Waals surface area contributed by atoms with Crippen LogP contribution in [0.15, 0.2) is 9.27 Å². The zero-order chi connectivity index (χ0) is 10.2. The third-order valence-electron chi connectivity index (χ3n) is 1.40. The Kier molecular flexibility index (Phi) is 2.56. The summed E-state index contributed by atoms with van der Waals surface area (Å²) in [6.07, 6.45) is -4.39. The molecule has 0 amide bonds. The highest BCUT2D eigenvalue weighted by atomic mass is 79.9. The number of nitrogens with one attached hydrogen (secondary N) is 1. The lowest BCUT2D eigenvalue weighted by Crippen LogP contribution is -2.26. The van der Waals surface area contributed by atoms with Crippen LogP contribution in [0.5, 0.6) is 0 Å². The molecule has 1 rings (SSSR count). The second-order valence-electron chi connectivity index (χ2n) is 2.56. The molecule has 0 spiro atoms. The summed E-state index contributed by atoms with van der Waals surface area (Å²) in [5, 5.41) is 2.31. The van der Waals surface area contributed by atoms with Crippen LogP contribution in [-0.4, -0.2) is 16.0 Å². The van der Waals surface area contributed by atoms with Gasteiger partial charge in [-0.2, -0.15) is 13.2 Å². The molecule has 0 fully saturated rings. The Balaban J connectivity index is 3.04. The highest BCUT2D eigenvalue weighted by Crippen LogP contribution is 2.17. The Morgan fingerprint density at radius 1 is 1.54 bits per heavy atom. The Hall–Kier alpha value is -0.720. The van der Waals surface area contributed by atoms with E-state index in [1.807, 2.05) is 0 Å². The minimum atomic E-state index is -4.39. The van der Waals surface area contributed by atoms with E-state index in [1.54, 1.807) is 0 Å². The van der Waals surface area contributed by atoms with Gasteiger partial charge in [-0.1, -0.05) is 0 Å². The molecule has 0 bridgehead atoms. The van der Waals surface area contributed by atoms with Gasteiger partial charge in [0.2, 0.25) is 0 Å². The van der Waals surface area contributed by atoms with Crippen LogP contribution >= 0.6 is 15.9 Å². The van der Waals surface area contributed by atoms with Crippen molar-refractivity contribution in [3.05, 3.63) is 20.5 Å². The first kappa shape index (κ1) is 10.4. The standard InChI is InChI=1S/C6H6BrF3N2O/c1-3-4(7)5(13)12(11-3)2-6(8,9)10/h11H,2H2,1H3. The summed E-state index contributed by atoms with van der Waals surface area (Å²) in [5.41, 5.74) is -0.316. The molecule has 0 atom stereocenters. The van der Waals surface area contributed by atoms with Gasteiger partial charge in [0, 0.05) is 5.69 Å². The number of halogens is 4. The van der Waals surface area contributed by atoms with E-state index in [0.717, 1.165) is 0 Å². The van der Waals surface area contributed by atoms with E-state index in [2.05, 4.69) is 21.0 Å². The summed E-state index contributed by atoms with van der Waals surface area (Å²) in [5.74, 6) is 0. The zero-order valence-corrected chi connectivity index (χ0v) is 8.16. The quantitative estimate of drug-likeness (QED) is 0.820. The van der Waals surface area contributed by atoms with Crippen LogP contribution in [0.2, 0.25) is 0 Å². The number of aryl methyl sites for hydroxylation is 1. The lowest BCUT2D eigenvalue weighted by molar-refractivity contribution is -0.143. The van der Waals surface area contributed by atoms with Crippen LogP contribution in [0.1, 0.15) is 5.69 Å². The van der Waals surface area contributed by atoms with Gasteiger partial charge in [0.15, 0.2) is 0 Å². The van der Waals surface area contributed by atoms with E-state index in [1.165, 1.54) is 6.92 Å². The summed E-state index contributed by atoms with van der Waals surface area (Å²) in [7, 11) is 0. The highest BCUT2D eigenvalue weighted by Gasteiger charge is 2.29. The molecule has 0 unspecified atom stereocenters. The number of hydrogen-bond acceptors (Lipinski definition) is 1. The van der Waals surface area contributed by atoms with Gasteiger partial charge in [-0.15, -0.1) is 0 Å². The summed E-state index contributed by atoms with van der Waals surface area (Å²) < 4.78 is 36.3. The lowest BCUT2D eigenvalue weighted by Gasteiger charge is -2.05. The Morgan fingerprint density at radius 3 is 2.38 bits per heavy atom. The molecule has 1 aromatic heterocycles. The molecule has 0 aliphatic rings. The van der Waals surface area contributed by atoms with Crippen molar-refractivity contribution in [1.82, 2.24) is 9.78 Å². The maximum atomic E-state index is 11.9. The molecule has 0 radical (unpaired) electrons. The number of aromatic amines is 1. The fourth-order valence-electron chi connectivity index (χ4n) is 0.872. The first-order valence-electron chi connectivity index (χ1n) is 3.33. The van der Waals surface area contributed by atoms with E-state index < -0.39 is 18.3 Å². The number of aromatic nitrogens is 2. The van der Waals surface area contributed by atoms with Crippen molar-refractivity contribution >= 4 is 15.9 Å². The molecular formula is C6H6BrF3N2O. The smallest absolute Gasteiger partial charge is 0.299 e. The molecule has 1 aromatic rings. The van der Waals surface area contributed by atoms with Gasteiger partial charge < -0.3 is 0 Å². The summed E-state index contributed by atoms with van der Waals surface area (Å²) in [4.78, 5) is 11.1. The third kappa shape index (κ3) is 2.36. The number of H-pyrrole nitrogens is 1. The molecule has 74 valence electrons. The number of nitrogens with zero attached hydrogens (tertiary/aromatic N) is 1. The molecule has 7 heteroatoms. The molecule has 0 saturated heterocycles. The van der Waals surface area contributed by atoms with Crippen molar-refractivity contribution in [2.75, 3.05) is 0 Å². The van der Waals surface area contributed by atoms with E-state index in [0.29, 0.717) is 10.4 Å². The third-order valence-corrected chi connectivity index (χ3v) is 2.34. The summed E-state index contributed by atoms with van der Waals surface area (Å²) >= 11 is 2.88. The molecule has 0 aromatic carbocycles. The fraction of sp³-hybridized carbons (Fsp3) is 0.500. The maximum absolute atomic E-state index is 11.9. The van der Waals surface area contributed by atoms with Gasteiger partial charge >= 0.3 is 6.18 Å². The molecular weight excluding hydrogens is 253 g/mol. The van der Waals surface area contributed by atoms with Crippen LogP contribution in [0.4, 0.5) is 13.2 Å². The summed E-state index contributed by atoms with van der Waals surface area (Å²) in [6.45, 7) is 0.219. The van der Waals surface area contributed by atoms with Gasteiger partial charge in [-0.05, 0) is 22.9 Å². The van der Waals surface area contributed by atoms with Crippen molar-refractivity contribution in [3.8, 4) is 0 Å². The average Bonchev–Trinajstić information content (AvgIpc) is 2.15. The van der Waals surface area contributed by atoms with E-state index in [-0.39, 0.29) is 4.47 Å². The van der Waals surface area contributed by atoms with Crippen molar-refractivity contribution in [3.63, 3.8) is 0 Å². The first-order chi connectivity index (χ1) is 5.81. The van der Waals surface area contributed by atoms with Crippen LogP contribution in [0, 0.1) is 6.92 Å². The van der Waals surface area contributed by atoms with Gasteiger partial charge in [0.25, 0.3) is 5.56 Å². The summed E-state index contributed by atoms with van der Waals surface area (Å²) in [6, 6.07) is 0. The maximum Gasteiger partial charge on any atom is 0.408 e. The van der Waals surface area contributed by atoms with E-state index in [4.69, 9.17) is 0 Å². The molecule has 1 N–H and O–H groups in total. The Morgan fingerprint density at radius 2 is 2.08 bits per heavy atom. The Labute approximate surface area is 79.7 Å². The van der Waals surface area contributed by atoms with Gasteiger partial charge in [0.05, 0.1) is 0 Å². The second kappa shape index (κ2) is 3.21. The van der Waals surface area contributed by atoms with Crippen molar-refractivity contribution in [1.29, 1.82) is 0 Å². The topological polar surface area (TPSA) is 37.8 Å². The minimum Gasteiger partial charge on any atom is -0.299 e. The zero-order valence-electron chi connectivity index (χ0n) is 6.57. The van der Waals surface area contributed by atoms with Crippen LogP contribution in [-0.2, 0) is 6.54 Å². The van der Waals surface area contributed by atoms with Crippen LogP contribution < -0.4 is 5.56 Å². The number of hydrogen-bond donors (Lipinski definition) is 1. The van der Waals surface area contributed by atoms with E-state index in [9.17, 15) is 18.0 Å². The van der Waals surface area contributed by atoms with Crippen molar-refractivity contribution in [2.24, 2.45) is 0 Å². The molecule has 1 heterocycles. The largest absolute Gasteiger partial charge is 0.408 e. The first-order valence-corrected chi connectivity index (χ1v) is 4.12. The van der Waals surface area contributed by atoms with Crippen molar-refractivity contribution in [2.45, 2.75) is 19.6 Å². The number of alkyl halides is 3. The highest BCUT2D eigenvalue weighted by molar-refractivity contribution is 9.10. The molecule has 0 saturated carbocycles. The van der Waals surface area contributed by atoms with Crippen LogP contribution in [0.25, 0.3) is 0 Å². The molecule has 3 nitrogen and oxygen atoms in total. The van der Waals surface area contributed by atoms with Gasteiger partial charge in [-0.3, -0.25) is 9.89 Å². The van der Waals surface area contributed by atoms with E-state index >= 15 is 0 Å². The second-order valence-corrected chi connectivity index (χ2v) is 3.35. The monoisotopic (exact) mass is 258 g/mol.